The lowest BCUT2D eigenvalue weighted by Gasteiger charge is -2.19. The van der Waals surface area contributed by atoms with Gasteiger partial charge in [-0.05, 0) is 40.5 Å². The van der Waals surface area contributed by atoms with Crippen molar-refractivity contribution in [3.05, 3.63) is 0 Å². The Morgan fingerprint density at radius 2 is 1.18 bits per heavy atom. The van der Waals surface area contributed by atoms with Gasteiger partial charge >= 0.3 is 0 Å². The first-order valence-electron chi connectivity index (χ1n) is 16.2. The third-order valence-electron chi connectivity index (χ3n) is 7.24. The molecule has 2 aliphatic rings. The van der Waals surface area contributed by atoms with Crippen LogP contribution in [0.5, 0.6) is 0 Å². The van der Waals surface area contributed by atoms with Crippen molar-refractivity contribution in [2.45, 2.75) is 167 Å². The number of rotatable bonds is 22. The van der Waals surface area contributed by atoms with Crippen LogP contribution in [0.2, 0.25) is 0 Å². The molecule has 240 valence electrons. The van der Waals surface area contributed by atoms with Crippen molar-refractivity contribution in [3.63, 3.8) is 0 Å². The number of hydrogen-bond acceptors (Lipinski definition) is 8. The van der Waals surface area contributed by atoms with Crippen molar-refractivity contribution in [1.82, 2.24) is 0 Å². The molecule has 2 rings (SSSR count). The Bertz CT molecular complexity index is 585. The van der Waals surface area contributed by atoms with Gasteiger partial charge in [0.2, 0.25) is 0 Å². The Kier molecular flexibility index (Phi) is 21.0. The summed E-state index contributed by atoms with van der Waals surface area (Å²) in [6, 6.07) is 0. The second-order valence-corrected chi connectivity index (χ2v) is 12.3. The van der Waals surface area contributed by atoms with E-state index >= 15 is 0 Å². The van der Waals surface area contributed by atoms with Crippen molar-refractivity contribution in [3.8, 4) is 0 Å². The molecule has 0 aromatic rings. The van der Waals surface area contributed by atoms with Gasteiger partial charge in [0.25, 0.3) is 0 Å². The van der Waals surface area contributed by atoms with Crippen molar-refractivity contribution >= 4 is 0 Å². The third-order valence-corrected chi connectivity index (χ3v) is 7.24. The fourth-order valence-electron chi connectivity index (χ4n) is 4.89. The zero-order valence-corrected chi connectivity index (χ0v) is 26.8. The predicted molar refractivity (Wildman–Crippen MR) is 159 cm³/mol. The minimum absolute atomic E-state index is 0.00811. The van der Waals surface area contributed by atoms with Gasteiger partial charge in [-0.25, -0.2) is 0 Å². The number of ether oxygens (including phenoxy) is 6. The summed E-state index contributed by atoms with van der Waals surface area (Å²) in [4.78, 5) is 0. The van der Waals surface area contributed by atoms with Gasteiger partial charge in [0.1, 0.15) is 12.2 Å². The van der Waals surface area contributed by atoms with E-state index in [-0.39, 0.29) is 31.0 Å². The molecule has 0 aromatic heterocycles. The summed E-state index contributed by atoms with van der Waals surface area (Å²) in [7, 11) is 0. The molecule has 0 aromatic carbocycles. The Labute approximate surface area is 245 Å². The maximum atomic E-state index is 9.83. The number of aliphatic hydroxyl groups is 2. The van der Waals surface area contributed by atoms with Crippen molar-refractivity contribution in [2.75, 3.05) is 39.6 Å². The van der Waals surface area contributed by atoms with Gasteiger partial charge in [-0.3, -0.25) is 0 Å². The molecule has 0 aliphatic carbocycles. The van der Waals surface area contributed by atoms with E-state index in [0.717, 1.165) is 25.7 Å². The second kappa shape index (κ2) is 22.3. The molecule has 8 heteroatoms. The lowest BCUT2D eigenvalue weighted by atomic mass is 10.1. The van der Waals surface area contributed by atoms with E-state index in [1.54, 1.807) is 0 Å². The van der Waals surface area contributed by atoms with Crippen LogP contribution in [0.25, 0.3) is 0 Å². The molecule has 2 heterocycles. The van der Waals surface area contributed by atoms with E-state index in [4.69, 9.17) is 28.4 Å². The van der Waals surface area contributed by atoms with Gasteiger partial charge in [-0.1, -0.05) is 90.9 Å². The highest BCUT2D eigenvalue weighted by Gasteiger charge is 2.33. The molecule has 0 amide bonds. The lowest BCUT2D eigenvalue weighted by molar-refractivity contribution is -0.149. The van der Waals surface area contributed by atoms with Gasteiger partial charge in [-0.2, -0.15) is 0 Å². The van der Waals surface area contributed by atoms with Crippen LogP contribution in [-0.2, 0) is 28.4 Å². The summed E-state index contributed by atoms with van der Waals surface area (Å²) in [5.74, 6) is -0.993. The molecule has 2 saturated heterocycles. The molecule has 4 atom stereocenters. The summed E-state index contributed by atoms with van der Waals surface area (Å²) >= 11 is 0. The molecule has 0 saturated carbocycles. The molecule has 2 aliphatic heterocycles. The van der Waals surface area contributed by atoms with Gasteiger partial charge in [-0.15, -0.1) is 0 Å². The molecular weight excluding hydrogens is 512 g/mol. The highest BCUT2D eigenvalue weighted by atomic mass is 16.8. The smallest absolute Gasteiger partial charge is 0.163 e. The van der Waals surface area contributed by atoms with Crippen LogP contribution in [0.15, 0.2) is 0 Å². The molecule has 0 spiro atoms. The average Bonchev–Trinajstić information content (AvgIpc) is 3.45. The van der Waals surface area contributed by atoms with Gasteiger partial charge in [0.05, 0.1) is 51.8 Å². The number of hydrogen-bond donors (Lipinski definition) is 2. The fraction of sp³-hybridized carbons (Fsp3) is 1.00. The summed E-state index contributed by atoms with van der Waals surface area (Å²) in [6.45, 7) is 14.7. The first-order chi connectivity index (χ1) is 19.1. The van der Waals surface area contributed by atoms with E-state index in [2.05, 4.69) is 13.8 Å². The average molecular weight is 577 g/mol. The molecule has 2 fully saturated rings. The van der Waals surface area contributed by atoms with E-state index in [9.17, 15) is 10.2 Å². The minimum Gasteiger partial charge on any atom is -0.394 e. The van der Waals surface area contributed by atoms with Crippen LogP contribution < -0.4 is 0 Å². The summed E-state index contributed by atoms with van der Waals surface area (Å²) in [5.41, 5.74) is 0. The number of aliphatic hydroxyl groups excluding tert-OH is 2. The minimum atomic E-state index is -0.498. The molecule has 8 nitrogen and oxygen atoms in total. The van der Waals surface area contributed by atoms with E-state index in [1.807, 2.05) is 27.7 Å². The highest BCUT2D eigenvalue weighted by molar-refractivity contribution is 4.72. The normalized spacial score (nSPS) is 23.1. The zero-order chi connectivity index (χ0) is 29.7. The standard InChI is InChI=1S/2C16H32O4/c1-4-5-6-7-8-9-10-14(17)11-18-12-15-13-19-16(2,3)20-15;1-4-5-6-7-8-9-10-14(11-17)18-12-15-13-19-16(2,3)20-15/h2*14-15,17H,4-13H2,1-3H3. The maximum Gasteiger partial charge on any atom is 0.163 e. The summed E-state index contributed by atoms with van der Waals surface area (Å²) < 4.78 is 33.5. The molecule has 4 unspecified atom stereocenters. The number of unbranched alkanes of at least 4 members (excludes halogenated alkanes) is 10. The van der Waals surface area contributed by atoms with Crippen LogP contribution in [0, 0.1) is 0 Å². The van der Waals surface area contributed by atoms with Crippen molar-refractivity contribution in [2.24, 2.45) is 0 Å². The van der Waals surface area contributed by atoms with Gasteiger partial charge in [0.15, 0.2) is 11.6 Å². The quantitative estimate of drug-likeness (QED) is 0.140. The Morgan fingerprint density at radius 3 is 1.65 bits per heavy atom. The highest BCUT2D eigenvalue weighted by Crippen LogP contribution is 2.23. The van der Waals surface area contributed by atoms with Gasteiger partial charge in [0, 0.05) is 0 Å². The van der Waals surface area contributed by atoms with E-state index in [1.165, 1.54) is 64.2 Å². The zero-order valence-electron chi connectivity index (χ0n) is 26.8. The molecule has 40 heavy (non-hydrogen) atoms. The summed E-state index contributed by atoms with van der Waals surface area (Å²) in [6.07, 6.45) is 16.4. The Morgan fingerprint density at radius 1 is 0.700 bits per heavy atom. The first kappa shape index (κ1) is 37.7. The molecule has 0 bridgehead atoms. The topological polar surface area (TPSA) is 95.8 Å². The van der Waals surface area contributed by atoms with Crippen LogP contribution in [0.4, 0.5) is 0 Å². The van der Waals surface area contributed by atoms with E-state index in [0.29, 0.717) is 33.0 Å². The first-order valence-corrected chi connectivity index (χ1v) is 16.2. The lowest BCUT2D eigenvalue weighted by Crippen LogP contribution is -2.27. The predicted octanol–water partition coefficient (Wildman–Crippen LogP) is 6.53. The Hall–Kier alpha value is -0.320. The molecule has 2 N–H and O–H groups in total. The van der Waals surface area contributed by atoms with Crippen LogP contribution in [-0.4, -0.2) is 85.8 Å². The second-order valence-electron chi connectivity index (χ2n) is 12.3. The monoisotopic (exact) mass is 576 g/mol. The Balaban J connectivity index is 0.000000400. The van der Waals surface area contributed by atoms with Crippen molar-refractivity contribution < 1.29 is 38.6 Å². The van der Waals surface area contributed by atoms with Crippen LogP contribution >= 0.6 is 0 Å². The maximum absolute atomic E-state index is 9.83. The van der Waals surface area contributed by atoms with Crippen LogP contribution in [0.3, 0.4) is 0 Å². The molecular formula is C32H64O8. The largest absolute Gasteiger partial charge is 0.394 e. The van der Waals surface area contributed by atoms with Gasteiger partial charge < -0.3 is 38.6 Å². The third kappa shape index (κ3) is 19.7. The van der Waals surface area contributed by atoms with E-state index < -0.39 is 11.6 Å². The molecule has 0 radical (unpaired) electrons. The van der Waals surface area contributed by atoms with Crippen molar-refractivity contribution in [1.29, 1.82) is 0 Å². The fourth-order valence-corrected chi connectivity index (χ4v) is 4.89. The van der Waals surface area contributed by atoms with Crippen LogP contribution in [0.1, 0.15) is 131 Å². The SMILES string of the molecule is CCCCCCCCC(CO)OCC1COC(C)(C)O1.CCCCCCCCC(O)COCC1COC(C)(C)O1. The summed E-state index contributed by atoms with van der Waals surface area (Å²) in [5, 5.41) is 19.2.